The minimum Gasteiger partial charge on any atom is -0.310 e. The lowest BCUT2D eigenvalue weighted by molar-refractivity contribution is 1.18. The number of para-hydroxylation sites is 4. The molecule has 0 bridgehead atoms. The lowest BCUT2D eigenvalue weighted by Gasteiger charge is -2.26. The fourth-order valence-corrected chi connectivity index (χ4v) is 10.5. The van der Waals surface area contributed by atoms with Crippen molar-refractivity contribution < 1.29 is 0 Å². The van der Waals surface area contributed by atoms with Crippen LogP contribution in [0.3, 0.4) is 0 Å². The van der Waals surface area contributed by atoms with E-state index in [1.165, 1.54) is 0 Å². The zero-order valence-corrected chi connectivity index (χ0v) is 41.9. The van der Waals surface area contributed by atoms with E-state index in [0.717, 1.165) is 106 Å². The van der Waals surface area contributed by atoms with Crippen molar-refractivity contribution in [3.05, 3.63) is 297 Å². The van der Waals surface area contributed by atoms with E-state index >= 15 is 0 Å². The summed E-state index contributed by atoms with van der Waals surface area (Å²) in [5.74, 6) is 0.612. The summed E-state index contributed by atoms with van der Waals surface area (Å²) in [5, 5.41) is 12.9. The molecule has 0 fully saturated rings. The molecule has 6 heteroatoms. The number of rotatable bonds is 12. The highest BCUT2D eigenvalue weighted by Gasteiger charge is 2.21. The molecule has 0 radical (unpaired) electrons. The fourth-order valence-electron chi connectivity index (χ4n) is 10.5. The van der Waals surface area contributed by atoms with Crippen LogP contribution in [0.15, 0.2) is 291 Å². The van der Waals surface area contributed by atoms with E-state index < -0.39 is 0 Å². The Labute approximate surface area is 448 Å². The van der Waals surface area contributed by atoms with E-state index in [0.29, 0.717) is 17.1 Å². The maximum absolute atomic E-state index is 10.6. The molecule has 0 N–H and O–H groups in total. The molecule has 0 aliphatic rings. The fraction of sp³-hybridized carbons (Fsp3) is 0. The Balaban J connectivity index is 0.858. The molecular weight excluding hydrogens is 937 g/mol. The van der Waals surface area contributed by atoms with Gasteiger partial charge in [-0.15, -0.1) is 0 Å². The van der Waals surface area contributed by atoms with Crippen molar-refractivity contribution in [2.45, 2.75) is 0 Å². The SMILES string of the molecule is N#Cc1cc(-c2ccc(-c3ccc(-n4c5ccc(N(c6ccccc6)c6ccccc6)cc5c5cc(N(c6ccccc6)c6ccccc6)ccc54)cc3)cc2)ccc1-c1cc(-c2ccccc2)nc(-c2ccccc2)n1. The molecule has 11 aromatic carbocycles. The summed E-state index contributed by atoms with van der Waals surface area (Å²) in [5.41, 5.74) is 18.7. The Morgan fingerprint density at radius 1 is 0.312 bits per heavy atom. The number of nitrogens with zero attached hydrogens (tertiary/aromatic N) is 6. The first kappa shape index (κ1) is 46.2. The average molecular weight is 985 g/mol. The Hall–Kier alpha value is -10.6. The van der Waals surface area contributed by atoms with Crippen LogP contribution in [-0.4, -0.2) is 14.5 Å². The van der Waals surface area contributed by atoms with Crippen molar-refractivity contribution >= 4 is 55.9 Å². The smallest absolute Gasteiger partial charge is 0.160 e. The molecule has 0 aliphatic carbocycles. The van der Waals surface area contributed by atoms with Gasteiger partial charge in [-0.2, -0.15) is 5.26 Å². The third-order valence-electron chi connectivity index (χ3n) is 14.2. The normalized spacial score (nSPS) is 11.1. The molecule has 0 saturated carbocycles. The number of hydrogen-bond acceptors (Lipinski definition) is 5. The summed E-state index contributed by atoms with van der Waals surface area (Å²) < 4.78 is 2.39. The van der Waals surface area contributed by atoms with E-state index in [1.807, 2.05) is 78.9 Å². The third kappa shape index (κ3) is 9.05. The van der Waals surface area contributed by atoms with Crippen molar-refractivity contribution in [2.24, 2.45) is 0 Å². The van der Waals surface area contributed by atoms with E-state index in [9.17, 15) is 5.26 Å². The zero-order valence-electron chi connectivity index (χ0n) is 41.9. The maximum Gasteiger partial charge on any atom is 0.160 e. The quantitative estimate of drug-likeness (QED) is 0.122. The van der Waals surface area contributed by atoms with Crippen molar-refractivity contribution in [3.8, 4) is 67.9 Å². The lowest BCUT2D eigenvalue weighted by atomic mass is 9.95. The van der Waals surface area contributed by atoms with Crippen molar-refractivity contribution in [2.75, 3.05) is 9.80 Å². The van der Waals surface area contributed by atoms with Crippen molar-refractivity contribution in [3.63, 3.8) is 0 Å². The Morgan fingerprint density at radius 3 is 1.16 bits per heavy atom. The largest absolute Gasteiger partial charge is 0.310 e. The second kappa shape index (κ2) is 20.4. The van der Waals surface area contributed by atoms with Gasteiger partial charge in [-0.25, -0.2) is 9.97 Å². The van der Waals surface area contributed by atoms with Crippen LogP contribution < -0.4 is 9.80 Å². The van der Waals surface area contributed by atoms with Gasteiger partial charge < -0.3 is 14.4 Å². The van der Waals surface area contributed by atoms with Crippen LogP contribution in [0.2, 0.25) is 0 Å². The molecule has 13 rings (SSSR count). The van der Waals surface area contributed by atoms with Gasteiger partial charge in [0.15, 0.2) is 5.82 Å². The van der Waals surface area contributed by atoms with Crippen LogP contribution in [-0.2, 0) is 0 Å². The first-order chi connectivity index (χ1) is 38.1. The van der Waals surface area contributed by atoms with Crippen LogP contribution in [0.1, 0.15) is 5.56 Å². The summed E-state index contributed by atoms with van der Waals surface area (Å²) in [4.78, 5) is 14.6. The van der Waals surface area contributed by atoms with E-state index in [1.54, 1.807) is 0 Å². The average Bonchev–Trinajstić information content (AvgIpc) is 3.91. The molecule has 0 amide bonds. The van der Waals surface area contributed by atoms with Crippen LogP contribution in [0.4, 0.5) is 34.1 Å². The molecule has 362 valence electrons. The molecule has 0 spiro atoms. The predicted octanol–water partition coefficient (Wildman–Crippen LogP) is 18.7. The molecule has 0 atom stereocenters. The molecule has 0 unspecified atom stereocenters. The van der Waals surface area contributed by atoms with Gasteiger partial charge in [0.05, 0.1) is 34.1 Å². The summed E-state index contributed by atoms with van der Waals surface area (Å²) in [7, 11) is 0. The van der Waals surface area contributed by atoms with Gasteiger partial charge in [0.25, 0.3) is 0 Å². The van der Waals surface area contributed by atoms with Crippen molar-refractivity contribution in [1.82, 2.24) is 14.5 Å². The topological polar surface area (TPSA) is 61.0 Å². The van der Waals surface area contributed by atoms with Gasteiger partial charge in [0.2, 0.25) is 0 Å². The summed E-state index contributed by atoms with van der Waals surface area (Å²) in [6.07, 6.45) is 0. The second-order valence-electron chi connectivity index (χ2n) is 18.9. The molecule has 77 heavy (non-hydrogen) atoms. The monoisotopic (exact) mass is 984 g/mol. The van der Waals surface area contributed by atoms with Gasteiger partial charge >= 0.3 is 0 Å². The number of fused-ring (bicyclic) bond motifs is 3. The van der Waals surface area contributed by atoms with Crippen LogP contribution >= 0.6 is 0 Å². The highest BCUT2D eigenvalue weighted by Crippen LogP contribution is 2.43. The Bertz CT molecular complexity index is 3960. The number of nitriles is 1. The highest BCUT2D eigenvalue weighted by molar-refractivity contribution is 6.12. The van der Waals surface area contributed by atoms with Gasteiger partial charge in [-0.3, -0.25) is 0 Å². The molecule has 0 saturated heterocycles. The van der Waals surface area contributed by atoms with E-state index in [2.05, 4.69) is 233 Å². The molecule has 2 heterocycles. The number of aromatic nitrogens is 3. The number of anilines is 6. The minimum atomic E-state index is 0.547. The molecule has 2 aromatic heterocycles. The van der Waals surface area contributed by atoms with E-state index in [4.69, 9.17) is 9.97 Å². The predicted molar refractivity (Wildman–Crippen MR) is 318 cm³/mol. The lowest BCUT2D eigenvalue weighted by Crippen LogP contribution is -2.09. The molecule has 13 aromatic rings. The molecule has 0 aliphatic heterocycles. The van der Waals surface area contributed by atoms with Crippen LogP contribution in [0, 0.1) is 11.3 Å². The Morgan fingerprint density at radius 2 is 0.701 bits per heavy atom. The standard InChI is InChI=1S/C71H48N6/c72-49-56-45-55(37-42-64(56)68-48-67(53-19-7-1-8-20-53)73-71(74-68)54-21-9-2-10-22-54)52-33-31-50(32-34-52)51-35-38-61(39-36-51)77-69-43-40-62(75(57-23-11-3-12-24-57)58-25-13-4-14-26-58)46-65(69)66-47-63(41-44-70(66)77)76(59-27-15-5-16-28-59)60-29-17-6-18-30-60/h1-48H. The second-order valence-corrected chi connectivity index (χ2v) is 18.9. The zero-order chi connectivity index (χ0) is 51.5. The van der Waals surface area contributed by atoms with Gasteiger partial charge in [-0.1, -0.05) is 182 Å². The van der Waals surface area contributed by atoms with Crippen LogP contribution in [0.25, 0.3) is 83.6 Å². The van der Waals surface area contributed by atoms with Gasteiger partial charge in [0.1, 0.15) is 0 Å². The van der Waals surface area contributed by atoms with Gasteiger partial charge in [-0.05, 0) is 131 Å². The first-order valence-electron chi connectivity index (χ1n) is 25.8. The number of benzene rings is 11. The summed E-state index contributed by atoms with van der Waals surface area (Å²) in [6, 6.07) is 104. The summed E-state index contributed by atoms with van der Waals surface area (Å²) in [6.45, 7) is 0. The van der Waals surface area contributed by atoms with Gasteiger partial charge in [0, 0.05) is 67.3 Å². The highest BCUT2D eigenvalue weighted by atomic mass is 15.1. The van der Waals surface area contributed by atoms with Crippen LogP contribution in [0.5, 0.6) is 0 Å². The third-order valence-corrected chi connectivity index (χ3v) is 14.2. The first-order valence-corrected chi connectivity index (χ1v) is 25.8. The molecule has 6 nitrogen and oxygen atoms in total. The maximum atomic E-state index is 10.6. The molecular formula is C71H48N6. The van der Waals surface area contributed by atoms with E-state index in [-0.39, 0.29) is 0 Å². The Kier molecular flexibility index (Phi) is 12.2. The van der Waals surface area contributed by atoms with Crippen molar-refractivity contribution in [1.29, 1.82) is 5.26 Å². The number of hydrogen-bond donors (Lipinski definition) is 0. The summed E-state index contributed by atoms with van der Waals surface area (Å²) >= 11 is 0. The minimum absolute atomic E-state index is 0.547.